The van der Waals surface area contributed by atoms with Gasteiger partial charge >= 0.3 is 0 Å². The van der Waals surface area contributed by atoms with Gasteiger partial charge in [0.15, 0.2) is 0 Å². The number of hydrogen-bond acceptors (Lipinski definition) is 1. The SMILES string of the molecule is [CH2]C(CC)SC. The fourth-order valence-electron chi connectivity index (χ4n) is 0.167. The molecule has 0 saturated heterocycles. The van der Waals surface area contributed by atoms with Crippen molar-refractivity contribution in [1.29, 1.82) is 0 Å². The summed E-state index contributed by atoms with van der Waals surface area (Å²) >= 11 is 1.81. The molecular formula is C5H11S. The topological polar surface area (TPSA) is 0 Å². The van der Waals surface area contributed by atoms with Crippen LogP contribution in [0.3, 0.4) is 0 Å². The lowest BCUT2D eigenvalue weighted by Crippen LogP contribution is -1.88. The summed E-state index contributed by atoms with van der Waals surface area (Å²) < 4.78 is 0. The van der Waals surface area contributed by atoms with Crippen LogP contribution in [0.25, 0.3) is 0 Å². The van der Waals surface area contributed by atoms with Crippen LogP contribution >= 0.6 is 11.8 Å². The predicted molar refractivity (Wildman–Crippen MR) is 33.0 cm³/mol. The Morgan fingerprint density at radius 1 is 1.83 bits per heavy atom. The van der Waals surface area contributed by atoms with E-state index in [1.165, 1.54) is 6.42 Å². The molecule has 0 saturated carbocycles. The highest BCUT2D eigenvalue weighted by atomic mass is 32.2. The summed E-state index contributed by atoms with van der Waals surface area (Å²) in [5.74, 6) is 0. The van der Waals surface area contributed by atoms with Gasteiger partial charge in [0.05, 0.1) is 0 Å². The van der Waals surface area contributed by atoms with Gasteiger partial charge in [0.1, 0.15) is 0 Å². The van der Waals surface area contributed by atoms with Gasteiger partial charge < -0.3 is 0 Å². The largest absolute Gasteiger partial charge is 0.162 e. The molecule has 6 heavy (non-hydrogen) atoms. The molecule has 0 amide bonds. The van der Waals surface area contributed by atoms with E-state index in [-0.39, 0.29) is 0 Å². The zero-order valence-electron chi connectivity index (χ0n) is 4.40. The molecule has 1 unspecified atom stereocenters. The van der Waals surface area contributed by atoms with Crippen molar-refractivity contribution in [3.8, 4) is 0 Å². The Balaban J connectivity index is 2.75. The van der Waals surface area contributed by atoms with E-state index in [1.54, 1.807) is 0 Å². The second kappa shape index (κ2) is 3.54. The summed E-state index contributed by atoms with van der Waals surface area (Å²) in [6.45, 7) is 5.98. The first kappa shape index (κ1) is 6.35. The smallest absolute Gasteiger partial charge is 0.00420 e. The quantitative estimate of drug-likeness (QED) is 0.515. The minimum Gasteiger partial charge on any atom is -0.162 e. The van der Waals surface area contributed by atoms with Gasteiger partial charge in [0.25, 0.3) is 0 Å². The molecule has 0 aliphatic heterocycles. The number of rotatable bonds is 2. The molecule has 0 heterocycles. The molecular weight excluding hydrogens is 92.1 g/mol. The van der Waals surface area contributed by atoms with Crippen LogP contribution in [0.5, 0.6) is 0 Å². The summed E-state index contributed by atoms with van der Waals surface area (Å²) in [5, 5.41) is 0.602. The maximum atomic E-state index is 3.84. The zero-order valence-corrected chi connectivity index (χ0v) is 5.22. The zero-order chi connectivity index (χ0) is 4.99. The van der Waals surface area contributed by atoms with Gasteiger partial charge in [-0.3, -0.25) is 0 Å². The highest BCUT2D eigenvalue weighted by molar-refractivity contribution is 7.99. The van der Waals surface area contributed by atoms with Gasteiger partial charge in [-0.1, -0.05) is 6.92 Å². The van der Waals surface area contributed by atoms with Crippen LogP contribution < -0.4 is 0 Å². The van der Waals surface area contributed by atoms with Crippen LogP contribution in [-0.2, 0) is 0 Å². The van der Waals surface area contributed by atoms with Gasteiger partial charge in [-0.05, 0) is 19.6 Å². The van der Waals surface area contributed by atoms with E-state index < -0.39 is 0 Å². The first-order valence-corrected chi connectivity index (χ1v) is 3.46. The average molecular weight is 103 g/mol. The summed E-state index contributed by atoms with van der Waals surface area (Å²) in [5.41, 5.74) is 0. The van der Waals surface area contributed by atoms with E-state index in [2.05, 4.69) is 20.1 Å². The minimum absolute atomic E-state index is 0.602. The molecule has 0 nitrogen and oxygen atoms in total. The molecule has 0 aromatic heterocycles. The van der Waals surface area contributed by atoms with E-state index in [0.717, 1.165) is 0 Å². The van der Waals surface area contributed by atoms with Crippen molar-refractivity contribution in [3.05, 3.63) is 6.92 Å². The molecule has 0 aliphatic carbocycles. The van der Waals surface area contributed by atoms with E-state index in [0.29, 0.717) is 5.25 Å². The summed E-state index contributed by atoms with van der Waals surface area (Å²) in [4.78, 5) is 0. The number of thioether (sulfide) groups is 1. The summed E-state index contributed by atoms with van der Waals surface area (Å²) in [6, 6.07) is 0. The second-order valence-corrected chi connectivity index (χ2v) is 2.40. The Morgan fingerprint density at radius 3 is 2.33 bits per heavy atom. The first-order valence-electron chi connectivity index (χ1n) is 2.17. The Labute approximate surface area is 44.3 Å². The van der Waals surface area contributed by atoms with Crippen molar-refractivity contribution in [2.24, 2.45) is 0 Å². The average Bonchev–Trinajstić information content (AvgIpc) is 1.65. The van der Waals surface area contributed by atoms with Crippen LogP contribution in [0.2, 0.25) is 0 Å². The van der Waals surface area contributed by atoms with Crippen LogP contribution in [-0.4, -0.2) is 11.5 Å². The molecule has 0 fully saturated rings. The molecule has 1 atom stereocenters. The summed E-state index contributed by atoms with van der Waals surface area (Å²) in [7, 11) is 0. The van der Waals surface area contributed by atoms with Crippen molar-refractivity contribution in [1.82, 2.24) is 0 Å². The maximum absolute atomic E-state index is 3.84. The molecule has 0 aromatic carbocycles. The van der Waals surface area contributed by atoms with Gasteiger partial charge in [-0.25, -0.2) is 0 Å². The molecule has 1 radical (unpaired) electrons. The first-order chi connectivity index (χ1) is 2.81. The Morgan fingerprint density at radius 2 is 2.33 bits per heavy atom. The third-order valence-corrected chi connectivity index (χ3v) is 1.79. The van der Waals surface area contributed by atoms with Crippen LogP contribution in [0.4, 0.5) is 0 Å². The molecule has 0 bridgehead atoms. The highest BCUT2D eigenvalue weighted by Gasteiger charge is 1.89. The van der Waals surface area contributed by atoms with E-state index in [9.17, 15) is 0 Å². The monoisotopic (exact) mass is 103 g/mol. The molecule has 0 N–H and O–H groups in total. The fraction of sp³-hybridized carbons (Fsp3) is 0.800. The minimum atomic E-state index is 0.602. The van der Waals surface area contributed by atoms with Gasteiger partial charge in [0.2, 0.25) is 0 Å². The Kier molecular flexibility index (Phi) is 3.74. The Hall–Kier alpha value is 0.350. The molecule has 37 valence electrons. The van der Waals surface area contributed by atoms with Crippen molar-refractivity contribution in [2.45, 2.75) is 18.6 Å². The fourth-order valence-corrected chi connectivity index (χ4v) is 0.500. The second-order valence-electron chi connectivity index (χ2n) is 1.27. The molecule has 0 aromatic rings. The predicted octanol–water partition coefficient (Wildman–Crippen LogP) is 1.96. The van der Waals surface area contributed by atoms with E-state index in [1.807, 2.05) is 11.8 Å². The van der Waals surface area contributed by atoms with Crippen LogP contribution in [0, 0.1) is 6.92 Å². The van der Waals surface area contributed by atoms with E-state index in [4.69, 9.17) is 0 Å². The third kappa shape index (κ3) is 2.58. The van der Waals surface area contributed by atoms with E-state index >= 15 is 0 Å². The normalized spacial score (nSPS) is 14.5. The molecule has 0 rings (SSSR count). The highest BCUT2D eigenvalue weighted by Crippen LogP contribution is 2.06. The lowest BCUT2D eigenvalue weighted by molar-refractivity contribution is 0.977. The maximum Gasteiger partial charge on any atom is 0.00420 e. The van der Waals surface area contributed by atoms with Crippen molar-refractivity contribution in [2.75, 3.05) is 6.26 Å². The van der Waals surface area contributed by atoms with Crippen molar-refractivity contribution < 1.29 is 0 Å². The van der Waals surface area contributed by atoms with Gasteiger partial charge in [0, 0.05) is 5.25 Å². The van der Waals surface area contributed by atoms with Crippen molar-refractivity contribution >= 4 is 11.8 Å². The summed E-state index contributed by atoms with van der Waals surface area (Å²) in [6.07, 6.45) is 3.27. The molecule has 1 heteroatoms. The van der Waals surface area contributed by atoms with Gasteiger partial charge in [-0.15, -0.1) is 0 Å². The van der Waals surface area contributed by atoms with Gasteiger partial charge in [-0.2, -0.15) is 11.8 Å². The molecule has 0 aliphatic rings. The van der Waals surface area contributed by atoms with Crippen LogP contribution in [0.1, 0.15) is 13.3 Å². The molecule has 0 spiro atoms. The standard InChI is InChI=1S/C5H11S/c1-4-5(2)6-3/h5H,2,4H2,1,3H3. The Bertz CT molecular complexity index is 23.1. The number of hydrogen-bond donors (Lipinski definition) is 0. The lowest BCUT2D eigenvalue weighted by atomic mass is 10.4. The van der Waals surface area contributed by atoms with Crippen LogP contribution in [0.15, 0.2) is 0 Å². The lowest BCUT2D eigenvalue weighted by Gasteiger charge is -1.98. The third-order valence-electron chi connectivity index (χ3n) is 0.789. The van der Waals surface area contributed by atoms with Crippen molar-refractivity contribution in [3.63, 3.8) is 0 Å².